The molecule has 3 N–H and O–H groups in total. The van der Waals surface area contributed by atoms with Crippen molar-refractivity contribution in [1.29, 1.82) is 5.41 Å². The average Bonchev–Trinajstić information content (AvgIpc) is 2.25. The molecule has 16 heavy (non-hydrogen) atoms. The van der Waals surface area contributed by atoms with Crippen LogP contribution < -0.4 is 5.73 Å². The van der Waals surface area contributed by atoms with Crippen molar-refractivity contribution in [2.24, 2.45) is 5.73 Å². The smallest absolute Gasteiger partial charge is 0.244 e. The van der Waals surface area contributed by atoms with Crippen molar-refractivity contribution >= 4 is 11.6 Å². The highest BCUT2D eigenvalue weighted by Crippen LogP contribution is 2.09. The molecule has 0 saturated heterocycles. The Bertz CT molecular complexity index is 407. The minimum absolute atomic E-state index is 0.349. The first-order chi connectivity index (χ1) is 7.59. The van der Waals surface area contributed by atoms with Crippen LogP contribution in [0.1, 0.15) is 18.9 Å². The molecule has 0 aliphatic rings. The van der Waals surface area contributed by atoms with E-state index in [1.54, 1.807) is 6.92 Å². The van der Waals surface area contributed by atoms with Gasteiger partial charge in [-0.1, -0.05) is 30.3 Å². The Morgan fingerprint density at radius 3 is 2.50 bits per heavy atom. The van der Waals surface area contributed by atoms with Gasteiger partial charge in [-0.3, -0.25) is 4.79 Å². The van der Waals surface area contributed by atoms with Crippen molar-refractivity contribution in [2.45, 2.75) is 19.8 Å². The summed E-state index contributed by atoms with van der Waals surface area (Å²) in [7, 11) is 0. The molecular weight excluding hydrogens is 200 g/mol. The summed E-state index contributed by atoms with van der Waals surface area (Å²) in [5.74, 6) is -0.442. The molecule has 1 amide bonds. The Morgan fingerprint density at radius 2 is 2.00 bits per heavy atom. The van der Waals surface area contributed by atoms with Crippen LogP contribution in [0.4, 0.5) is 0 Å². The highest BCUT2D eigenvalue weighted by molar-refractivity contribution is 6.01. The molecule has 0 aromatic heterocycles. The third kappa shape index (κ3) is 4.09. The molecule has 3 nitrogen and oxygen atoms in total. The zero-order valence-electron chi connectivity index (χ0n) is 9.36. The molecule has 1 aromatic carbocycles. The summed E-state index contributed by atoms with van der Waals surface area (Å²) in [4.78, 5) is 11.1. The minimum atomic E-state index is -0.442. The van der Waals surface area contributed by atoms with Gasteiger partial charge in [-0.05, 0) is 31.4 Å². The minimum Gasteiger partial charge on any atom is -0.366 e. The lowest BCUT2D eigenvalue weighted by Gasteiger charge is -2.03. The average molecular weight is 216 g/mol. The van der Waals surface area contributed by atoms with Gasteiger partial charge in [0, 0.05) is 11.3 Å². The Morgan fingerprint density at radius 1 is 1.38 bits per heavy atom. The van der Waals surface area contributed by atoms with E-state index in [2.05, 4.69) is 0 Å². The molecule has 0 heterocycles. The maximum atomic E-state index is 11.1. The number of nitrogens with one attached hydrogen (secondary N) is 1. The number of benzene rings is 1. The number of carbonyl (C=O) groups is 1. The van der Waals surface area contributed by atoms with Crippen LogP contribution in [-0.4, -0.2) is 11.6 Å². The normalized spacial score (nSPS) is 11.2. The predicted molar refractivity (Wildman–Crippen MR) is 65.4 cm³/mol. The molecule has 0 atom stereocenters. The first kappa shape index (κ1) is 12.2. The van der Waals surface area contributed by atoms with E-state index < -0.39 is 5.91 Å². The van der Waals surface area contributed by atoms with E-state index in [0.29, 0.717) is 17.7 Å². The van der Waals surface area contributed by atoms with Crippen LogP contribution in [0.5, 0.6) is 0 Å². The van der Waals surface area contributed by atoms with E-state index in [1.165, 1.54) is 6.08 Å². The third-order valence-corrected chi connectivity index (χ3v) is 2.23. The van der Waals surface area contributed by atoms with Gasteiger partial charge in [0.05, 0.1) is 0 Å². The molecule has 3 heteroatoms. The van der Waals surface area contributed by atoms with Gasteiger partial charge < -0.3 is 11.1 Å². The molecule has 0 fully saturated rings. The van der Waals surface area contributed by atoms with E-state index in [9.17, 15) is 4.79 Å². The molecular formula is C13H16N2O. The summed E-state index contributed by atoms with van der Waals surface area (Å²) in [5, 5.41) is 7.32. The van der Waals surface area contributed by atoms with E-state index in [-0.39, 0.29) is 0 Å². The number of amides is 1. The first-order valence-electron chi connectivity index (χ1n) is 5.19. The second-order valence-electron chi connectivity index (χ2n) is 3.70. The van der Waals surface area contributed by atoms with Crippen LogP contribution in [-0.2, 0) is 11.2 Å². The Hall–Kier alpha value is -1.90. The molecule has 1 aromatic rings. The summed E-state index contributed by atoms with van der Waals surface area (Å²) in [5.41, 5.74) is 7.27. The van der Waals surface area contributed by atoms with Gasteiger partial charge in [-0.25, -0.2) is 0 Å². The van der Waals surface area contributed by atoms with Gasteiger partial charge in [0.25, 0.3) is 0 Å². The SMILES string of the molecule is CC(=N)/C=C(/CCc1ccccc1)C(N)=O. The molecule has 0 bridgehead atoms. The molecule has 0 aliphatic carbocycles. The van der Waals surface area contributed by atoms with Gasteiger partial charge in [-0.2, -0.15) is 0 Å². The van der Waals surface area contributed by atoms with Gasteiger partial charge in [0.15, 0.2) is 0 Å². The van der Waals surface area contributed by atoms with Gasteiger partial charge >= 0.3 is 0 Å². The molecule has 1 rings (SSSR count). The van der Waals surface area contributed by atoms with Crippen LogP contribution in [0.2, 0.25) is 0 Å². The van der Waals surface area contributed by atoms with Crippen LogP contribution in [0.25, 0.3) is 0 Å². The number of primary amides is 1. The van der Waals surface area contributed by atoms with Gasteiger partial charge in [-0.15, -0.1) is 0 Å². The van der Waals surface area contributed by atoms with Crippen LogP contribution in [0, 0.1) is 5.41 Å². The van der Waals surface area contributed by atoms with Crippen molar-refractivity contribution in [3.63, 3.8) is 0 Å². The van der Waals surface area contributed by atoms with Crippen molar-refractivity contribution in [1.82, 2.24) is 0 Å². The maximum absolute atomic E-state index is 11.1. The molecule has 84 valence electrons. The summed E-state index contributed by atoms with van der Waals surface area (Å²) in [6.45, 7) is 1.63. The highest BCUT2D eigenvalue weighted by Gasteiger charge is 2.05. The van der Waals surface area contributed by atoms with Crippen LogP contribution in [0.3, 0.4) is 0 Å². The lowest BCUT2D eigenvalue weighted by atomic mass is 10.0. The van der Waals surface area contributed by atoms with Crippen LogP contribution >= 0.6 is 0 Å². The van der Waals surface area contributed by atoms with E-state index in [4.69, 9.17) is 11.1 Å². The molecule has 0 aliphatic heterocycles. The van der Waals surface area contributed by atoms with Gasteiger partial charge in [0.1, 0.15) is 0 Å². The van der Waals surface area contributed by atoms with Crippen molar-refractivity contribution in [3.8, 4) is 0 Å². The monoisotopic (exact) mass is 216 g/mol. The number of carbonyl (C=O) groups excluding carboxylic acids is 1. The molecule has 0 saturated carbocycles. The van der Waals surface area contributed by atoms with Crippen molar-refractivity contribution < 1.29 is 4.79 Å². The van der Waals surface area contributed by atoms with Crippen molar-refractivity contribution in [2.75, 3.05) is 0 Å². The standard InChI is InChI=1S/C13H16N2O/c1-10(14)9-12(13(15)16)8-7-11-5-3-2-4-6-11/h2-6,9,14H,7-8H2,1H3,(H2,15,16)/b12-9-,14-10?. The fourth-order valence-electron chi connectivity index (χ4n) is 1.45. The Kier molecular flexibility index (Phi) is 4.45. The predicted octanol–water partition coefficient (Wildman–Crippen LogP) is 2.07. The summed E-state index contributed by atoms with van der Waals surface area (Å²) < 4.78 is 0. The second-order valence-corrected chi connectivity index (χ2v) is 3.70. The number of hydrogen-bond acceptors (Lipinski definition) is 2. The second kappa shape index (κ2) is 5.85. The summed E-state index contributed by atoms with van der Waals surface area (Å²) in [6.07, 6.45) is 2.88. The van der Waals surface area contributed by atoms with E-state index >= 15 is 0 Å². The Balaban J connectivity index is 2.65. The number of rotatable bonds is 5. The number of aryl methyl sites for hydroxylation is 1. The molecule has 0 unspecified atom stereocenters. The fourth-order valence-corrected chi connectivity index (χ4v) is 1.45. The van der Waals surface area contributed by atoms with Gasteiger partial charge in [0.2, 0.25) is 5.91 Å². The maximum Gasteiger partial charge on any atom is 0.244 e. The molecule has 0 spiro atoms. The topological polar surface area (TPSA) is 66.9 Å². The van der Waals surface area contributed by atoms with Crippen molar-refractivity contribution in [3.05, 3.63) is 47.5 Å². The van der Waals surface area contributed by atoms with Crippen LogP contribution in [0.15, 0.2) is 42.0 Å². The van der Waals surface area contributed by atoms with E-state index in [1.807, 2.05) is 30.3 Å². The summed E-state index contributed by atoms with van der Waals surface area (Å²) in [6, 6.07) is 9.90. The quantitative estimate of drug-likeness (QED) is 0.574. The lowest BCUT2D eigenvalue weighted by Crippen LogP contribution is -2.15. The lowest BCUT2D eigenvalue weighted by molar-refractivity contribution is -0.114. The Labute approximate surface area is 95.5 Å². The zero-order valence-corrected chi connectivity index (χ0v) is 9.36. The fraction of sp³-hybridized carbons (Fsp3) is 0.231. The zero-order chi connectivity index (χ0) is 12.0. The van der Waals surface area contributed by atoms with E-state index in [0.717, 1.165) is 12.0 Å². The number of hydrogen-bond donors (Lipinski definition) is 2. The molecule has 0 radical (unpaired) electrons. The number of allylic oxidation sites excluding steroid dienone is 1. The highest BCUT2D eigenvalue weighted by atomic mass is 16.1. The summed E-state index contributed by atoms with van der Waals surface area (Å²) >= 11 is 0. The number of nitrogens with two attached hydrogens (primary N) is 1. The third-order valence-electron chi connectivity index (χ3n) is 2.23. The largest absolute Gasteiger partial charge is 0.366 e. The first-order valence-corrected chi connectivity index (χ1v) is 5.19.